The van der Waals surface area contributed by atoms with Crippen molar-refractivity contribution < 1.29 is 9.73 Å². The highest BCUT2D eigenvalue weighted by Gasteiger charge is 2.04. The molecule has 0 atom stereocenters. The van der Waals surface area contributed by atoms with E-state index in [2.05, 4.69) is 26.2 Å². The van der Waals surface area contributed by atoms with Crippen molar-refractivity contribution in [1.29, 1.82) is 0 Å². The molecule has 15 heavy (non-hydrogen) atoms. The second-order valence-corrected chi connectivity index (χ2v) is 3.78. The summed E-state index contributed by atoms with van der Waals surface area (Å²) in [6.07, 6.45) is 1.21. The minimum Gasteiger partial charge on any atom is -0.411 e. The van der Waals surface area contributed by atoms with Crippen LogP contribution in [0.5, 0.6) is 0 Å². The van der Waals surface area contributed by atoms with Crippen LogP contribution in [-0.4, -0.2) is 16.6 Å². The molecule has 0 saturated heterocycles. The number of oxime groups is 1. The summed E-state index contributed by atoms with van der Waals surface area (Å²) in [5, 5.41) is 14.9. The number of aromatic nitrogens is 1. The fraction of sp³-hybridized carbons (Fsp3) is 0. The quantitative estimate of drug-likeness (QED) is 0.517. The SMILES string of the molecule is O/N=C\c1cc(-c2ccc(Br)cc2)on1. The second-order valence-electron chi connectivity index (χ2n) is 2.87. The van der Waals surface area contributed by atoms with Crippen LogP contribution in [0.15, 0.2) is 44.5 Å². The molecule has 0 aliphatic carbocycles. The van der Waals surface area contributed by atoms with E-state index in [1.165, 1.54) is 6.21 Å². The van der Waals surface area contributed by atoms with Gasteiger partial charge in [-0.3, -0.25) is 0 Å². The normalized spacial score (nSPS) is 11.0. The second kappa shape index (κ2) is 4.27. The molecule has 1 aromatic carbocycles. The minimum absolute atomic E-state index is 0.482. The number of halogens is 1. The fourth-order valence-corrected chi connectivity index (χ4v) is 1.42. The molecule has 5 heteroatoms. The van der Waals surface area contributed by atoms with Gasteiger partial charge in [0.2, 0.25) is 0 Å². The molecule has 2 rings (SSSR count). The molecule has 0 radical (unpaired) electrons. The number of hydrogen-bond acceptors (Lipinski definition) is 4. The lowest BCUT2D eigenvalue weighted by Gasteiger charge is -1.94. The van der Waals surface area contributed by atoms with Crippen molar-refractivity contribution in [3.05, 3.63) is 40.5 Å². The summed E-state index contributed by atoms with van der Waals surface area (Å²) >= 11 is 3.35. The Kier molecular flexibility index (Phi) is 2.82. The highest BCUT2D eigenvalue weighted by molar-refractivity contribution is 9.10. The highest BCUT2D eigenvalue weighted by Crippen LogP contribution is 2.21. The third-order valence-corrected chi connectivity index (χ3v) is 2.38. The first-order valence-corrected chi connectivity index (χ1v) is 4.99. The Hall–Kier alpha value is -1.62. The smallest absolute Gasteiger partial charge is 0.167 e. The van der Waals surface area contributed by atoms with Crippen molar-refractivity contribution in [2.24, 2.45) is 5.16 Å². The summed E-state index contributed by atoms with van der Waals surface area (Å²) in [6.45, 7) is 0. The van der Waals surface area contributed by atoms with Crippen LogP contribution >= 0.6 is 15.9 Å². The van der Waals surface area contributed by atoms with Crippen LogP contribution in [0.2, 0.25) is 0 Å². The van der Waals surface area contributed by atoms with Crippen molar-refractivity contribution in [2.45, 2.75) is 0 Å². The molecule has 1 heterocycles. The summed E-state index contributed by atoms with van der Waals surface area (Å²) in [4.78, 5) is 0. The van der Waals surface area contributed by atoms with Crippen LogP contribution in [-0.2, 0) is 0 Å². The van der Waals surface area contributed by atoms with E-state index in [0.717, 1.165) is 10.0 Å². The molecule has 1 N–H and O–H groups in total. The standard InChI is InChI=1S/C10H7BrN2O2/c11-8-3-1-7(2-4-8)10-5-9(6-12-14)13-15-10/h1-6,14H/b12-6-. The van der Waals surface area contributed by atoms with E-state index < -0.39 is 0 Å². The summed E-state index contributed by atoms with van der Waals surface area (Å²) in [5.74, 6) is 0.636. The molecular formula is C10H7BrN2O2. The topological polar surface area (TPSA) is 58.6 Å². The molecule has 0 aliphatic heterocycles. The van der Waals surface area contributed by atoms with Gasteiger partial charge in [-0.25, -0.2) is 0 Å². The number of nitrogens with zero attached hydrogens (tertiary/aromatic N) is 2. The maximum Gasteiger partial charge on any atom is 0.167 e. The molecule has 0 bridgehead atoms. The van der Waals surface area contributed by atoms with E-state index in [0.29, 0.717) is 11.5 Å². The molecular weight excluding hydrogens is 260 g/mol. The van der Waals surface area contributed by atoms with Gasteiger partial charge in [-0.1, -0.05) is 38.4 Å². The third kappa shape index (κ3) is 2.24. The van der Waals surface area contributed by atoms with Crippen molar-refractivity contribution in [1.82, 2.24) is 5.16 Å². The molecule has 76 valence electrons. The van der Waals surface area contributed by atoms with Crippen molar-refractivity contribution in [3.8, 4) is 11.3 Å². The first-order valence-electron chi connectivity index (χ1n) is 4.19. The molecule has 0 fully saturated rings. The molecule has 2 aromatic rings. The van der Waals surface area contributed by atoms with Gasteiger partial charge in [0, 0.05) is 16.1 Å². The molecule has 1 aromatic heterocycles. The zero-order valence-electron chi connectivity index (χ0n) is 7.59. The average Bonchev–Trinajstić information content (AvgIpc) is 2.68. The Balaban J connectivity index is 2.33. The van der Waals surface area contributed by atoms with Crippen LogP contribution < -0.4 is 0 Å². The van der Waals surface area contributed by atoms with Crippen molar-refractivity contribution >= 4 is 22.1 Å². The van der Waals surface area contributed by atoms with Crippen LogP contribution in [0.1, 0.15) is 5.69 Å². The largest absolute Gasteiger partial charge is 0.411 e. The Morgan fingerprint density at radius 2 is 2.07 bits per heavy atom. The zero-order chi connectivity index (χ0) is 10.7. The Labute approximate surface area is 94.3 Å². The monoisotopic (exact) mass is 266 g/mol. The molecule has 0 amide bonds. The van der Waals surface area contributed by atoms with Gasteiger partial charge in [-0.05, 0) is 12.1 Å². The maximum atomic E-state index is 8.32. The molecule has 0 aliphatic rings. The lowest BCUT2D eigenvalue weighted by atomic mass is 10.2. The van der Waals surface area contributed by atoms with Gasteiger partial charge in [0.25, 0.3) is 0 Å². The van der Waals surface area contributed by atoms with Crippen LogP contribution in [0, 0.1) is 0 Å². The van der Waals surface area contributed by atoms with E-state index in [1.807, 2.05) is 24.3 Å². The summed E-state index contributed by atoms with van der Waals surface area (Å²) < 4.78 is 6.08. The maximum absolute atomic E-state index is 8.32. The number of rotatable bonds is 2. The van der Waals surface area contributed by atoms with Gasteiger partial charge in [-0.2, -0.15) is 0 Å². The van der Waals surface area contributed by atoms with Gasteiger partial charge in [-0.15, -0.1) is 0 Å². The van der Waals surface area contributed by atoms with Crippen LogP contribution in [0.3, 0.4) is 0 Å². The summed E-state index contributed by atoms with van der Waals surface area (Å²) in [5.41, 5.74) is 1.40. The first-order chi connectivity index (χ1) is 7.29. The number of hydrogen-bond donors (Lipinski definition) is 1. The van der Waals surface area contributed by atoms with E-state index >= 15 is 0 Å². The number of benzene rings is 1. The van der Waals surface area contributed by atoms with Gasteiger partial charge in [0.1, 0.15) is 5.69 Å². The van der Waals surface area contributed by atoms with E-state index in [1.54, 1.807) is 6.07 Å². The molecule has 0 unspecified atom stereocenters. The minimum atomic E-state index is 0.482. The first kappa shape index (κ1) is 9.92. The Morgan fingerprint density at radius 1 is 1.33 bits per heavy atom. The van der Waals surface area contributed by atoms with Crippen LogP contribution in [0.4, 0.5) is 0 Å². The molecule has 0 spiro atoms. The van der Waals surface area contributed by atoms with Gasteiger partial charge in [0.15, 0.2) is 5.76 Å². The van der Waals surface area contributed by atoms with Gasteiger partial charge in [0.05, 0.1) is 6.21 Å². The predicted molar refractivity (Wildman–Crippen MR) is 59.0 cm³/mol. The predicted octanol–water partition coefficient (Wildman–Crippen LogP) is 2.91. The summed E-state index contributed by atoms with van der Waals surface area (Å²) in [7, 11) is 0. The average molecular weight is 267 g/mol. The van der Waals surface area contributed by atoms with Crippen molar-refractivity contribution in [2.75, 3.05) is 0 Å². The lowest BCUT2D eigenvalue weighted by Crippen LogP contribution is -1.76. The Bertz CT molecular complexity index is 476. The molecule has 4 nitrogen and oxygen atoms in total. The van der Waals surface area contributed by atoms with Gasteiger partial charge < -0.3 is 9.73 Å². The van der Waals surface area contributed by atoms with E-state index in [4.69, 9.17) is 9.73 Å². The third-order valence-electron chi connectivity index (χ3n) is 1.85. The Morgan fingerprint density at radius 3 is 2.73 bits per heavy atom. The highest BCUT2D eigenvalue weighted by atomic mass is 79.9. The summed E-state index contributed by atoms with van der Waals surface area (Å²) in [6, 6.07) is 9.34. The van der Waals surface area contributed by atoms with E-state index in [9.17, 15) is 0 Å². The van der Waals surface area contributed by atoms with Crippen molar-refractivity contribution in [3.63, 3.8) is 0 Å². The molecule has 0 saturated carbocycles. The fourth-order valence-electron chi connectivity index (χ4n) is 1.16. The van der Waals surface area contributed by atoms with Gasteiger partial charge >= 0.3 is 0 Å². The van der Waals surface area contributed by atoms with E-state index in [-0.39, 0.29) is 0 Å². The van der Waals surface area contributed by atoms with Crippen LogP contribution in [0.25, 0.3) is 11.3 Å². The zero-order valence-corrected chi connectivity index (χ0v) is 9.18. The lowest BCUT2D eigenvalue weighted by molar-refractivity contribution is 0.321.